The average Bonchev–Trinajstić information content (AvgIpc) is 2.85. The first kappa shape index (κ1) is 11.5. The number of thiophene rings is 1. The quantitative estimate of drug-likeness (QED) is 0.658. The summed E-state index contributed by atoms with van der Waals surface area (Å²) in [4.78, 5) is 1.36. The second kappa shape index (κ2) is 5.41. The average molecular weight is 291 g/mol. The summed E-state index contributed by atoms with van der Waals surface area (Å²) in [6.45, 7) is 1.71. The van der Waals surface area contributed by atoms with Crippen molar-refractivity contribution in [3.8, 4) is 0 Å². The highest BCUT2D eigenvalue weighted by atomic mass is 79.9. The fourth-order valence-corrected chi connectivity index (χ4v) is 3.42. The van der Waals surface area contributed by atoms with E-state index in [2.05, 4.69) is 32.8 Å². The fourth-order valence-electron chi connectivity index (χ4n) is 1.91. The van der Waals surface area contributed by atoms with Crippen LogP contribution >= 0.6 is 27.3 Å². The third-order valence-corrected chi connectivity index (χ3v) is 4.51. The van der Waals surface area contributed by atoms with Crippen LogP contribution in [0.4, 0.5) is 0 Å². The Bertz CT molecular complexity index is 312. The van der Waals surface area contributed by atoms with Gasteiger partial charge in [0.05, 0.1) is 6.61 Å². The third-order valence-electron chi connectivity index (χ3n) is 2.79. The van der Waals surface area contributed by atoms with Crippen LogP contribution in [-0.4, -0.2) is 19.3 Å². The van der Waals surface area contributed by atoms with Crippen molar-refractivity contribution in [1.29, 1.82) is 0 Å². The Morgan fingerprint density at radius 2 is 2.60 bits per heavy atom. The Labute approximate surface area is 102 Å². The highest BCUT2D eigenvalue weighted by Crippen LogP contribution is 2.24. The molecule has 0 aromatic carbocycles. The number of ether oxygens (including phenoxy) is 1. The van der Waals surface area contributed by atoms with Gasteiger partial charge in [-0.05, 0) is 34.8 Å². The number of rotatable bonds is 4. The predicted octanol–water partition coefficient (Wildman–Crippen LogP) is 1.92. The van der Waals surface area contributed by atoms with E-state index in [4.69, 9.17) is 10.6 Å². The third kappa shape index (κ3) is 3.01. The Balaban J connectivity index is 1.95. The first-order chi connectivity index (χ1) is 7.29. The maximum Gasteiger partial charge on any atom is 0.0510 e. The van der Waals surface area contributed by atoms with E-state index in [-0.39, 0.29) is 0 Å². The molecule has 1 aromatic heterocycles. The number of hydrogen-bond acceptors (Lipinski definition) is 4. The molecule has 2 heterocycles. The van der Waals surface area contributed by atoms with Crippen molar-refractivity contribution in [2.45, 2.75) is 18.9 Å². The maximum atomic E-state index is 5.59. The summed E-state index contributed by atoms with van der Waals surface area (Å²) < 4.78 is 6.54. The lowest BCUT2D eigenvalue weighted by Gasteiger charge is -2.20. The first-order valence-corrected chi connectivity index (χ1v) is 6.73. The molecule has 1 aliphatic rings. The Hall–Kier alpha value is 0.0600. The van der Waals surface area contributed by atoms with Crippen molar-refractivity contribution >= 4 is 27.3 Å². The van der Waals surface area contributed by atoms with Gasteiger partial charge in [0.2, 0.25) is 0 Å². The van der Waals surface area contributed by atoms with Crippen molar-refractivity contribution in [2.24, 2.45) is 11.8 Å². The summed E-state index contributed by atoms with van der Waals surface area (Å²) in [7, 11) is 0. The molecule has 2 unspecified atom stereocenters. The van der Waals surface area contributed by atoms with Crippen LogP contribution in [-0.2, 0) is 11.2 Å². The topological polar surface area (TPSA) is 47.3 Å². The monoisotopic (exact) mass is 290 g/mol. The van der Waals surface area contributed by atoms with E-state index in [0.29, 0.717) is 12.0 Å². The lowest BCUT2D eigenvalue weighted by molar-refractivity contribution is 0.176. The molecule has 0 amide bonds. The van der Waals surface area contributed by atoms with Crippen molar-refractivity contribution in [2.75, 3.05) is 13.2 Å². The molecule has 84 valence electrons. The van der Waals surface area contributed by atoms with Crippen LogP contribution in [0, 0.1) is 5.92 Å². The molecule has 1 fully saturated rings. The highest BCUT2D eigenvalue weighted by Gasteiger charge is 2.25. The van der Waals surface area contributed by atoms with Gasteiger partial charge >= 0.3 is 0 Å². The number of halogens is 1. The minimum absolute atomic E-state index is 0.332. The second-order valence-electron chi connectivity index (χ2n) is 3.83. The summed E-state index contributed by atoms with van der Waals surface area (Å²) >= 11 is 5.23. The van der Waals surface area contributed by atoms with Crippen molar-refractivity contribution in [3.05, 3.63) is 20.8 Å². The number of hydrazine groups is 1. The number of hydrogen-bond donors (Lipinski definition) is 2. The van der Waals surface area contributed by atoms with Crippen molar-refractivity contribution < 1.29 is 4.74 Å². The van der Waals surface area contributed by atoms with Gasteiger partial charge in [0.25, 0.3) is 0 Å². The van der Waals surface area contributed by atoms with Crippen LogP contribution in [0.5, 0.6) is 0 Å². The van der Waals surface area contributed by atoms with Gasteiger partial charge in [0.15, 0.2) is 0 Å². The molecular weight excluding hydrogens is 276 g/mol. The van der Waals surface area contributed by atoms with Crippen LogP contribution in [0.3, 0.4) is 0 Å². The molecule has 0 radical (unpaired) electrons. The Morgan fingerprint density at radius 1 is 1.73 bits per heavy atom. The van der Waals surface area contributed by atoms with Crippen molar-refractivity contribution in [1.82, 2.24) is 5.43 Å². The van der Waals surface area contributed by atoms with Gasteiger partial charge in [-0.3, -0.25) is 11.3 Å². The van der Waals surface area contributed by atoms with E-state index in [1.807, 2.05) is 0 Å². The molecule has 0 spiro atoms. The smallest absolute Gasteiger partial charge is 0.0510 e. The largest absolute Gasteiger partial charge is 0.381 e. The van der Waals surface area contributed by atoms with Crippen LogP contribution in [0.15, 0.2) is 15.9 Å². The molecule has 1 saturated heterocycles. The lowest BCUT2D eigenvalue weighted by Crippen LogP contribution is -2.42. The zero-order valence-electron chi connectivity index (χ0n) is 8.41. The molecule has 0 aliphatic carbocycles. The lowest BCUT2D eigenvalue weighted by atomic mass is 9.96. The zero-order valence-corrected chi connectivity index (χ0v) is 10.8. The molecule has 1 aromatic rings. The minimum Gasteiger partial charge on any atom is -0.381 e. The molecular formula is C10H15BrN2OS. The number of nitrogens with two attached hydrogens (primary N) is 1. The van der Waals surface area contributed by atoms with E-state index in [9.17, 15) is 0 Å². The maximum absolute atomic E-state index is 5.59. The molecule has 3 N–H and O–H groups in total. The number of nitrogens with one attached hydrogen (secondary N) is 1. The molecule has 15 heavy (non-hydrogen) atoms. The Kier molecular flexibility index (Phi) is 4.16. The van der Waals surface area contributed by atoms with Crippen LogP contribution in [0.2, 0.25) is 0 Å². The van der Waals surface area contributed by atoms with Gasteiger partial charge in [-0.15, -0.1) is 11.3 Å². The van der Waals surface area contributed by atoms with E-state index < -0.39 is 0 Å². The minimum atomic E-state index is 0.332. The molecule has 2 atom stereocenters. The van der Waals surface area contributed by atoms with E-state index in [0.717, 1.165) is 30.5 Å². The van der Waals surface area contributed by atoms with Gasteiger partial charge < -0.3 is 4.74 Å². The highest BCUT2D eigenvalue weighted by molar-refractivity contribution is 9.10. The zero-order chi connectivity index (χ0) is 10.7. The van der Waals surface area contributed by atoms with E-state index in [1.54, 1.807) is 11.3 Å². The van der Waals surface area contributed by atoms with Gasteiger partial charge in [0.1, 0.15) is 0 Å². The van der Waals surface area contributed by atoms with Crippen molar-refractivity contribution in [3.63, 3.8) is 0 Å². The SMILES string of the molecule is NNC(Cc1cc(Br)cs1)C1CCOC1. The van der Waals surface area contributed by atoms with Gasteiger partial charge in [0, 0.05) is 33.3 Å². The molecule has 0 saturated carbocycles. The van der Waals surface area contributed by atoms with Crippen LogP contribution in [0.1, 0.15) is 11.3 Å². The summed E-state index contributed by atoms with van der Waals surface area (Å²) in [5, 5.41) is 2.11. The molecule has 0 bridgehead atoms. The summed E-state index contributed by atoms with van der Waals surface area (Å²) in [6, 6.07) is 2.49. The molecule has 5 heteroatoms. The first-order valence-electron chi connectivity index (χ1n) is 5.06. The van der Waals surface area contributed by atoms with Crippen LogP contribution < -0.4 is 11.3 Å². The molecule has 1 aliphatic heterocycles. The summed E-state index contributed by atoms with van der Waals surface area (Å²) in [5.41, 5.74) is 2.91. The van der Waals surface area contributed by atoms with Gasteiger partial charge in [-0.2, -0.15) is 0 Å². The molecule has 2 rings (SSSR count). The van der Waals surface area contributed by atoms with E-state index in [1.165, 1.54) is 4.88 Å². The standard InChI is InChI=1S/C10H15BrN2OS/c11-8-3-9(15-6-8)4-10(13-12)7-1-2-14-5-7/h3,6-7,10,13H,1-2,4-5,12H2. The van der Waals surface area contributed by atoms with Gasteiger partial charge in [-0.1, -0.05) is 0 Å². The fraction of sp³-hybridized carbons (Fsp3) is 0.600. The predicted molar refractivity (Wildman–Crippen MR) is 65.8 cm³/mol. The summed E-state index contributed by atoms with van der Waals surface area (Å²) in [5.74, 6) is 6.15. The normalized spacial score (nSPS) is 23.2. The van der Waals surface area contributed by atoms with Gasteiger partial charge in [-0.25, -0.2) is 0 Å². The second-order valence-corrected chi connectivity index (χ2v) is 5.74. The summed E-state index contributed by atoms with van der Waals surface area (Å²) in [6.07, 6.45) is 2.10. The molecule has 3 nitrogen and oxygen atoms in total. The Morgan fingerprint density at radius 3 is 3.13 bits per heavy atom. The van der Waals surface area contributed by atoms with Crippen LogP contribution in [0.25, 0.3) is 0 Å². The van der Waals surface area contributed by atoms with E-state index >= 15 is 0 Å².